The Labute approximate surface area is 122 Å². The van der Waals surface area contributed by atoms with Crippen LogP contribution < -0.4 is 0 Å². The normalized spacial score (nSPS) is 23.3. The van der Waals surface area contributed by atoms with Gasteiger partial charge in [-0.1, -0.05) is 19.3 Å². The number of carbonyl (C=O) groups excluding carboxylic acids is 2. The van der Waals surface area contributed by atoms with Gasteiger partial charge in [0.25, 0.3) is 0 Å². The summed E-state index contributed by atoms with van der Waals surface area (Å²) in [5, 5.41) is 10.9. The lowest BCUT2D eigenvalue weighted by molar-refractivity contribution is -0.501. The van der Waals surface area contributed by atoms with Gasteiger partial charge in [0, 0.05) is 23.1 Å². The second-order valence-electron chi connectivity index (χ2n) is 5.51. The molecule has 1 saturated carbocycles. The van der Waals surface area contributed by atoms with Crippen molar-refractivity contribution in [1.82, 2.24) is 0 Å². The molecule has 1 heterocycles. The number of nitro groups is 1. The van der Waals surface area contributed by atoms with Gasteiger partial charge in [0.15, 0.2) is 5.76 Å². The Balaban J connectivity index is 2.01. The van der Waals surface area contributed by atoms with Crippen LogP contribution in [0.5, 0.6) is 0 Å². The van der Waals surface area contributed by atoms with Gasteiger partial charge in [0.05, 0.1) is 0 Å². The summed E-state index contributed by atoms with van der Waals surface area (Å²) < 4.78 is 5.09. The molecule has 7 nitrogen and oxygen atoms in total. The molecule has 1 aliphatic heterocycles. The van der Waals surface area contributed by atoms with Crippen LogP contribution in [0, 0.1) is 16.0 Å². The maximum Gasteiger partial charge on any atom is 0.348 e. The van der Waals surface area contributed by atoms with E-state index in [0.29, 0.717) is 5.71 Å². The molecule has 0 spiro atoms. The predicted molar refractivity (Wildman–Crippen MR) is 74.3 cm³/mol. The van der Waals surface area contributed by atoms with Crippen LogP contribution in [0.2, 0.25) is 0 Å². The SMILES string of the molecule is CC1=NC(=O)C([N+](=O)[O-])C(OC(=O)CC2CCCCC2)=C1. The maximum absolute atomic E-state index is 11.9. The summed E-state index contributed by atoms with van der Waals surface area (Å²) in [6, 6.07) is -1.70. The Kier molecular flexibility index (Phi) is 4.82. The molecular formula is C14H18N2O5. The van der Waals surface area contributed by atoms with Crippen LogP contribution in [0.15, 0.2) is 16.8 Å². The van der Waals surface area contributed by atoms with Crippen LogP contribution in [0.4, 0.5) is 0 Å². The summed E-state index contributed by atoms with van der Waals surface area (Å²) in [7, 11) is 0. The highest BCUT2D eigenvalue weighted by Crippen LogP contribution is 2.27. The Morgan fingerprint density at radius 2 is 2.10 bits per heavy atom. The van der Waals surface area contributed by atoms with Crippen LogP contribution in [-0.4, -0.2) is 28.6 Å². The molecule has 21 heavy (non-hydrogen) atoms. The number of carbonyl (C=O) groups is 2. The number of nitrogens with zero attached hydrogens (tertiary/aromatic N) is 2. The number of hydrogen-bond donors (Lipinski definition) is 0. The van der Waals surface area contributed by atoms with E-state index >= 15 is 0 Å². The fraction of sp³-hybridized carbons (Fsp3) is 0.643. The van der Waals surface area contributed by atoms with Crippen LogP contribution in [0.25, 0.3) is 0 Å². The molecule has 1 unspecified atom stereocenters. The lowest BCUT2D eigenvalue weighted by Crippen LogP contribution is -2.35. The molecule has 0 radical (unpaired) electrons. The first-order chi connectivity index (χ1) is 9.97. The molecule has 1 aliphatic carbocycles. The van der Waals surface area contributed by atoms with E-state index in [1.54, 1.807) is 0 Å². The van der Waals surface area contributed by atoms with Crippen LogP contribution in [-0.2, 0) is 14.3 Å². The fourth-order valence-electron chi connectivity index (χ4n) is 2.75. The summed E-state index contributed by atoms with van der Waals surface area (Å²) in [5.41, 5.74) is 0.304. The molecule has 0 N–H and O–H groups in total. The topological polar surface area (TPSA) is 98.9 Å². The van der Waals surface area contributed by atoms with Crippen molar-refractivity contribution in [2.75, 3.05) is 0 Å². The number of amides is 1. The van der Waals surface area contributed by atoms with Crippen LogP contribution in [0.3, 0.4) is 0 Å². The van der Waals surface area contributed by atoms with E-state index < -0.39 is 22.8 Å². The summed E-state index contributed by atoms with van der Waals surface area (Å²) in [4.78, 5) is 37.2. The zero-order valence-corrected chi connectivity index (χ0v) is 11.9. The quantitative estimate of drug-likeness (QED) is 0.449. The third-order valence-corrected chi connectivity index (χ3v) is 3.76. The maximum atomic E-state index is 11.9. The van der Waals surface area contributed by atoms with Gasteiger partial charge in [0.1, 0.15) is 0 Å². The lowest BCUT2D eigenvalue weighted by Gasteiger charge is -2.21. The van der Waals surface area contributed by atoms with Crippen LogP contribution in [0.1, 0.15) is 45.4 Å². The molecule has 0 aromatic rings. The Morgan fingerprint density at radius 3 is 2.71 bits per heavy atom. The highest BCUT2D eigenvalue weighted by molar-refractivity contribution is 6.06. The zero-order chi connectivity index (χ0) is 15.4. The van der Waals surface area contributed by atoms with Gasteiger partial charge in [-0.3, -0.25) is 19.7 Å². The Bertz CT molecular complexity index is 517. The lowest BCUT2D eigenvalue weighted by atomic mass is 9.87. The first-order valence-corrected chi connectivity index (χ1v) is 7.12. The van der Waals surface area contributed by atoms with E-state index in [9.17, 15) is 19.7 Å². The average molecular weight is 294 g/mol. The van der Waals surface area contributed by atoms with Gasteiger partial charge in [0.2, 0.25) is 0 Å². The number of rotatable bonds is 4. The predicted octanol–water partition coefficient (Wildman–Crippen LogP) is 2.03. The number of hydrogen-bond acceptors (Lipinski definition) is 5. The molecule has 0 saturated heterocycles. The van der Waals surface area contributed by atoms with E-state index in [-0.39, 0.29) is 18.1 Å². The highest BCUT2D eigenvalue weighted by Gasteiger charge is 2.39. The van der Waals surface area contributed by atoms with Gasteiger partial charge in [-0.25, -0.2) is 4.99 Å². The largest absolute Gasteiger partial charge is 0.423 e. The van der Waals surface area contributed by atoms with Crippen molar-refractivity contribution in [3.8, 4) is 0 Å². The minimum atomic E-state index is -1.70. The van der Waals surface area contributed by atoms with E-state index in [0.717, 1.165) is 25.7 Å². The minimum Gasteiger partial charge on any atom is -0.423 e. The van der Waals surface area contributed by atoms with Crippen LogP contribution >= 0.6 is 0 Å². The van der Waals surface area contributed by atoms with E-state index in [2.05, 4.69) is 4.99 Å². The molecule has 2 rings (SSSR count). The molecule has 0 aromatic carbocycles. The van der Waals surface area contributed by atoms with Crippen molar-refractivity contribution in [1.29, 1.82) is 0 Å². The van der Waals surface area contributed by atoms with E-state index in [1.807, 2.05) is 0 Å². The fourth-order valence-corrected chi connectivity index (χ4v) is 2.75. The molecule has 0 aromatic heterocycles. The van der Waals surface area contributed by atoms with Gasteiger partial charge in [-0.15, -0.1) is 0 Å². The molecule has 1 amide bonds. The van der Waals surface area contributed by atoms with Crippen molar-refractivity contribution < 1.29 is 19.2 Å². The van der Waals surface area contributed by atoms with Crippen molar-refractivity contribution in [2.45, 2.75) is 51.5 Å². The summed E-state index contributed by atoms with van der Waals surface area (Å²) in [6.07, 6.45) is 6.87. The first kappa shape index (κ1) is 15.3. The smallest absolute Gasteiger partial charge is 0.348 e. The zero-order valence-electron chi connectivity index (χ0n) is 11.9. The Morgan fingerprint density at radius 1 is 1.43 bits per heavy atom. The summed E-state index contributed by atoms with van der Waals surface area (Å²) in [5.74, 6) is -1.36. The number of allylic oxidation sites excluding steroid dienone is 1. The Hall–Kier alpha value is -2.05. The summed E-state index contributed by atoms with van der Waals surface area (Å²) in [6.45, 7) is 1.53. The van der Waals surface area contributed by atoms with Gasteiger partial charge < -0.3 is 4.74 Å². The second kappa shape index (κ2) is 6.60. The first-order valence-electron chi connectivity index (χ1n) is 7.12. The molecule has 2 aliphatic rings. The van der Waals surface area contributed by atoms with Crippen molar-refractivity contribution in [3.63, 3.8) is 0 Å². The number of ether oxygens (including phenoxy) is 1. The third kappa shape index (κ3) is 3.96. The number of aliphatic imine (C=N–C) groups is 1. The van der Waals surface area contributed by atoms with Gasteiger partial charge >= 0.3 is 17.9 Å². The van der Waals surface area contributed by atoms with Gasteiger partial charge in [-0.2, -0.15) is 0 Å². The summed E-state index contributed by atoms with van der Waals surface area (Å²) >= 11 is 0. The molecule has 1 atom stereocenters. The molecule has 1 fully saturated rings. The average Bonchev–Trinajstić information content (AvgIpc) is 2.38. The third-order valence-electron chi connectivity index (χ3n) is 3.76. The van der Waals surface area contributed by atoms with Crippen molar-refractivity contribution >= 4 is 17.6 Å². The monoisotopic (exact) mass is 294 g/mol. The minimum absolute atomic E-state index is 0.224. The highest BCUT2D eigenvalue weighted by atomic mass is 16.6. The second-order valence-corrected chi connectivity index (χ2v) is 5.51. The molecule has 0 bridgehead atoms. The molecule has 7 heteroatoms. The van der Waals surface area contributed by atoms with E-state index in [4.69, 9.17) is 4.74 Å². The van der Waals surface area contributed by atoms with Crippen molar-refractivity contribution in [2.24, 2.45) is 10.9 Å². The molecular weight excluding hydrogens is 276 g/mol. The van der Waals surface area contributed by atoms with Crippen molar-refractivity contribution in [3.05, 3.63) is 21.9 Å². The van der Waals surface area contributed by atoms with E-state index in [1.165, 1.54) is 19.4 Å². The molecule has 114 valence electrons. The number of dihydropyridines is 1. The van der Waals surface area contributed by atoms with Gasteiger partial charge in [-0.05, 0) is 25.7 Å². The number of esters is 1. The standard InChI is InChI=1S/C14H18N2O5/c1-9-7-11(13(16(19)20)14(18)15-9)21-12(17)8-10-5-3-2-4-6-10/h7,10,13H,2-6,8H2,1H3.